The fraction of sp³-hybridized carbons (Fsp3) is 0.667. The summed E-state index contributed by atoms with van der Waals surface area (Å²) >= 11 is 0. The van der Waals surface area contributed by atoms with Gasteiger partial charge in [-0.1, -0.05) is 24.3 Å². The van der Waals surface area contributed by atoms with Crippen molar-refractivity contribution in [3.8, 4) is 5.75 Å². The van der Waals surface area contributed by atoms with Gasteiger partial charge in [-0.2, -0.15) is 4.39 Å². The van der Waals surface area contributed by atoms with Crippen molar-refractivity contribution < 1.29 is 13.5 Å². The van der Waals surface area contributed by atoms with Crippen LogP contribution in [-0.2, 0) is 0 Å². The highest BCUT2D eigenvalue weighted by Crippen LogP contribution is 2.45. The first-order valence-corrected chi connectivity index (χ1v) is 13.5. The number of benzene rings is 1. The van der Waals surface area contributed by atoms with Crippen molar-refractivity contribution in [2.45, 2.75) is 89.9 Å². The van der Waals surface area contributed by atoms with Crippen LogP contribution in [0.1, 0.15) is 95.5 Å². The molecule has 3 aliphatic carbocycles. The van der Waals surface area contributed by atoms with E-state index < -0.39 is 11.6 Å². The maximum Gasteiger partial charge on any atom is 0.200 e. The molecule has 0 bridgehead atoms. The second-order valence-electron chi connectivity index (χ2n) is 10.8. The normalized spacial score (nSPS) is 33.2. The largest absolute Gasteiger partial charge is 0.491 e. The molecule has 1 aromatic rings. The Morgan fingerprint density at radius 2 is 1.27 bits per heavy atom. The van der Waals surface area contributed by atoms with E-state index in [2.05, 4.69) is 24.8 Å². The molecule has 33 heavy (non-hydrogen) atoms. The lowest BCUT2D eigenvalue weighted by Crippen LogP contribution is -2.25. The predicted octanol–water partition coefficient (Wildman–Crippen LogP) is 8.99. The van der Waals surface area contributed by atoms with Crippen LogP contribution in [0.5, 0.6) is 5.75 Å². The van der Waals surface area contributed by atoms with Crippen molar-refractivity contribution in [3.63, 3.8) is 0 Å². The first-order chi connectivity index (χ1) is 16.1. The van der Waals surface area contributed by atoms with Crippen LogP contribution in [-0.4, -0.2) is 6.61 Å². The van der Waals surface area contributed by atoms with Gasteiger partial charge in [0, 0.05) is 0 Å². The molecule has 1 nitrogen and oxygen atoms in total. The van der Waals surface area contributed by atoms with Gasteiger partial charge in [-0.25, -0.2) is 4.39 Å². The summed E-state index contributed by atoms with van der Waals surface area (Å²) in [6.45, 7) is 6.08. The standard InChI is InChI=1S/C30H42F2O/c1-3-21-5-7-22(8-6-21)9-10-23-11-13-24(14-12-23)25-15-17-26(18-16-25)27-19-20-28(33-4-2)30(32)29(27)31/h3,9-10,19-26H,1,4-8,11-18H2,2H3/b10-9+. The van der Waals surface area contributed by atoms with Gasteiger partial charge in [0.15, 0.2) is 11.6 Å². The monoisotopic (exact) mass is 456 g/mol. The molecule has 3 fully saturated rings. The summed E-state index contributed by atoms with van der Waals surface area (Å²) in [5, 5.41) is 0. The third-order valence-corrected chi connectivity index (χ3v) is 8.88. The Morgan fingerprint density at radius 3 is 1.82 bits per heavy atom. The third-order valence-electron chi connectivity index (χ3n) is 8.88. The van der Waals surface area contributed by atoms with Gasteiger partial charge in [0.25, 0.3) is 0 Å². The summed E-state index contributed by atoms with van der Waals surface area (Å²) in [5.74, 6) is 2.51. The quantitative estimate of drug-likeness (QED) is 0.372. The molecule has 0 heterocycles. The first-order valence-electron chi connectivity index (χ1n) is 13.5. The maximum absolute atomic E-state index is 14.6. The van der Waals surface area contributed by atoms with Crippen molar-refractivity contribution in [2.24, 2.45) is 29.6 Å². The van der Waals surface area contributed by atoms with Crippen molar-refractivity contribution >= 4 is 0 Å². The Kier molecular flexibility index (Phi) is 8.66. The van der Waals surface area contributed by atoms with Crippen LogP contribution in [0.4, 0.5) is 8.78 Å². The average molecular weight is 457 g/mol. The number of hydrogen-bond acceptors (Lipinski definition) is 1. The van der Waals surface area contributed by atoms with Crippen molar-refractivity contribution in [3.05, 3.63) is 54.1 Å². The summed E-state index contributed by atoms with van der Waals surface area (Å²) in [5.41, 5.74) is 0.547. The van der Waals surface area contributed by atoms with E-state index in [-0.39, 0.29) is 11.7 Å². The number of ether oxygens (including phenoxy) is 1. The maximum atomic E-state index is 14.6. The van der Waals surface area contributed by atoms with Gasteiger partial charge in [0.1, 0.15) is 0 Å². The molecule has 0 aliphatic heterocycles. The van der Waals surface area contributed by atoms with Gasteiger partial charge >= 0.3 is 0 Å². The Morgan fingerprint density at radius 1 is 0.758 bits per heavy atom. The van der Waals surface area contributed by atoms with Gasteiger partial charge in [0.2, 0.25) is 5.82 Å². The van der Waals surface area contributed by atoms with E-state index in [9.17, 15) is 8.78 Å². The van der Waals surface area contributed by atoms with E-state index in [0.717, 1.165) is 55.3 Å². The Balaban J connectivity index is 1.22. The Bertz CT molecular complexity index is 792. The molecule has 182 valence electrons. The van der Waals surface area contributed by atoms with Crippen LogP contribution in [0, 0.1) is 41.2 Å². The molecular weight excluding hydrogens is 414 g/mol. The molecule has 3 aliphatic rings. The van der Waals surface area contributed by atoms with E-state index >= 15 is 0 Å². The van der Waals surface area contributed by atoms with Crippen LogP contribution in [0.15, 0.2) is 36.9 Å². The van der Waals surface area contributed by atoms with Crippen molar-refractivity contribution in [2.75, 3.05) is 6.61 Å². The summed E-state index contributed by atoms with van der Waals surface area (Å²) in [6, 6.07) is 3.35. The lowest BCUT2D eigenvalue weighted by molar-refractivity contribution is 0.170. The van der Waals surface area contributed by atoms with Gasteiger partial charge in [-0.05, 0) is 131 Å². The number of allylic oxidation sites excluding steroid dienone is 3. The van der Waals surface area contributed by atoms with Crippen LogP contribution in [0.2, 0.25) is 0 Å². The van der Waals surface area contributed by atoms with Crippen LogP contribution in [0.3, 0.4) is 0 Å². The molecule has 1 aromatic carbocycles. The SMILES string of the molecule is C=CC1CCC(/C=C/C2CCC(C3CCC(c4ccc(OCC)c(F)c4F)CC3)CC2)CC1. The highest BCUT2D eigenvalue weighted by atomic mass is 19.2. The Hall–Kier alpha value is -1.64. The van der Waals surface area contributed by atoms with E-state index in [4.69, 9.17) is 4.74 Å². The summed E-state index contributed by atoms with van der Waals surface area (Å²) in [4.78, 5) is 0. The zero-order chi connectivity index (χ0) is 23.2. The van der Waals surface area contributed by atoms with Crippen molar-refractivity contribution in [1.82, 2.24) is 0 Å². The fourth-order valence-corrected chi connectivity index (χ4v) is 6.73. The van der Waals surface area contributed by atoms with E-state index in [1.807, 2.05) is 0 Å². The Labute approximate surface area is 199 Å². The molecule has 0 spiro atoms. The van der Waals surface area contributed by atoms with Gasteiger partial charge in [-0.15, -0.1) is 6.58 Å². The van der Waals surface area contributed by atoms with E-state index in [1.165, 1.54) is 51.4 Å². The van der Waals surface area contributed by atoms with Gasteiger partial charge in [-0.3, -0.25) is 0 Å². The zero-order valence-electron chi connectivity index (χ0n) is 20.4. The molecule has 0 amide bonds. The van der Waals surface area contributed by atoms with Crippen LogP contribution >= 0.6 is 0 Å². The number of rotatable bonds is 7. The van der Waals surface area contributed by atoms with Gasteiger partial charge in [0.05, 0.1) is 6.61 Å². The smallest absolute Gasteiger partial charge is 0.200 e. The summed E-state index contributed by atoms with van der Waals surface area (Å²) in [6.07, 6.45) is 22.0. The highest BCUT2D eigenvalue weighted by molar-refractivity contribution is 5.33. The molecule has 3 saturated carbocycles. The molecule has 3 heteroatoms. The minimum Gasteiger partial charge on any atom is -0.491 e. The molecule has 0 aromatic heterocycles. The minimum absolute atomic E-state index is 0.0303. The van der Waals surface area contributed by atoms with E-state index in [0.29, 0.717) is 12.2 Å². The molecular formula is C30H42F2O. The molecule has 0 saturated heterocycles. The molecule has 4 rings (SSSR count). The van der Waals surface area contributed by atoms with Gasteiger partial charge < -0.3 is 4.74 Å². The van der Waals surface area contributed by atoms with Crippen LogP contribution in [0.25, 0.3) is 0 Å². The predicted molar refractivity (Wildman–Crippen MR) is 132 cm³/mol. The van der Waals surface area contributed by atoms with Crippen molar-refractivity contribution in [1.29, 1.82) is 0 Å². The van der Waals surface area contributed by atoms with Crippen LogP contribution < -0.4 is 4.74 Å². The van der Waals surface area contributed by atoms with E-state index in [1.54, 1.807) is 19.1 Å². The third kappa shape index (κ3) is 6.08. The topological polar surface area (TPSA) is 9.23 Å². The summed E-state index contributed by atoms with van der Waals surface area (Å²) < 4.78 is 34.2. The molecule has 0 radical (unpaired) electrons. The second-order valence-corrected chi connectivity index (χ2v) is 10.8. The first kappa shape index (κ1) is 24.5. The number of halogens is 2. The molecule has 0 N–H and O–H groups in total. The average Bonchev–Trinajstić information content (AvgIpc) is 2.87. The lowest BCUT2D eigenvalue weighted by Gasteiger charge is -2.37. The second kappa shape index (κ2) is 11.7. The molecule has 0 atom stereocenters. The molecule has 0 unspecified atom stereocenters. The fourth-order valence-electron chi connectivity index (χ4n) is 6.73. The number of hydrogen-bond donors (Lipinski definition) is 0. The lowest BCUT2D eigenvalue weighted by atomic mass is 9.68. The summed E-state index contributed by atoms with van der Waals surface area (Å²) in [7, 11) is 0. The highest BCUT2D eigenvalue weighted by Gasteiger charge is 2.32. The zero-order valence-corrected chi connectivity index (χ0v) is 20.4. The minimum atomic E-state index is -0.823.